The lowest BCUT2D eigenvalue weighted by molar-refractivity contribution is -0.118. The Morgan fingerprint density at radius 2 is 2.07 bits per heavy atom. The average Bonchev–Trinajstić information content (AvgIpc) is 3.69. The van der Waals surface area contributed by atoms with Crippen molar-refractivity contribution in [1.29, 1.82) is 0 Å². The van der Waals surface area contributed by atoms with Gasteiger partial charge in [-0.3, -0.25) is 24.5 Å². The number of carbonyl (C=O) groups excluding carboxylic acids is 2. The van der Waals surface area contributed by atoms with Crippen LogP contribution in [0.25, 0.3) is 11.3 Å². The van der Waals surface area contributed by atoms with Gasteiger partial charge in [0.1, 0.15) is 11.7 Å². The fraction of sp³-hybridized carbons (Fsp3) is 0.296. The second-order valence-electron chi connectivity index (χ2n) is 9.73. The molecule has 0 unspecified atom stereocenters. The van der Waals surface area contributed by atoms with Gasteiger partial charge < -0.3 is 16.2 Å². The van der Waals surface area contributed by atoms with Crippen molar-refractivity contribution < 1.29 is 27.9 Å². The number of allylic oxidation sites excluding steroid dienone is 1. The molecule has 3 heterocycles. The van der Waals surface area contributed by atoms with Crippen LogP contribution in [0.2, 0.25) is 5.02 Å². The van der Waals surface area contributed by atoms with Gasteiger partial charge in [-0.25, -0.2) is 28.1 Å². The van der Waals surface area contributed by atoms with E-state index in [0.717, 1.165) is 37.1 Å². The van der Waals surface area contributed by atoms with Crippen LogP contribution in [-0.2, 0) is 4.79 Å². The van der Waals surface area contributed by atoms with Gasteiger partial charge in [0.25, 0.3) is 12.3 Å². The third kappa shape index (κ3) is 5.67. The van der Waals surface area contributed by atoms with E-state index in [4.69, 9.17) is 17.3 Å². The number of alkyl halides is 2. The Hall–Kier alpha value is -4.43. The lowest BCUT2D eigenvalue weighted by atomic mass is 10.0. The number of aliphatic hydroxyl groups is 1. The molecule has 2 aromatic heterocycles. The number of aryl methyl sites for hydroxylation is 1. The number of halogens is 4. The quantitative estimate of drug-likeness (QED) is 0.316. The van der Waals surface area contributed by atoms with Crippen molar-refractivity contribution >= 4 is 35.6 Å². The van der Waals surface area contributed by atoms with Crippen LogP contribution >= 0.6 is 11.6 Å². The number of aromatic nitrogens is 4. The minimum absolute atomic E-state index is 0.00457. The maximum Gasteiger partial charge on any atom is 0.275 e. The molecule has 3 atom stereocenters. The number of rotatable bonds is 9. The molecule has 15 heteroatoms. The lowest BCUT2D eigenvalue weighted by Crippen LogP contribution is -2.30. The highest BCUT2D eigenvalue weighted by atomic mass is 35.5. The maximum atomic E-state index is 14.7. The van der Waals surface area contributed by atoms with Crippen molar-refractivity contribution in [3.05, 3.63) is 76.0 Å². The largest absolute Gasteiger partial charge is 0.403 e. The Bertz CT molecular complexity index is 1620. The lowest BCUT2D eigenvalue weighted by Gasteiger charge is -2.18. The Morgan fingerprint density at radius 1 is 1.29 bits per heavy atom. The fourth-order valence-electron chi connectivity index (χ4n) is 4.69. The van der Waals surface area contributed by atoms with E-state index in [-0.39, 0.29) is 28.9 Å². The predicted molar refractivity (Wildman–Crippen MR) is 146 cm³/mol. The van der Waals surface area contributed by atoms with Gasteiger partial charge in [0.2, 0.25) is 11.9 Å². The number of hydrogen-bond donors (Lipinski definition) is 3. The van der Waals surface area contributed by atoms with Crippen LogP contribution in [0, 0.1) is 24.6 Å². The SMILES string of the molecule is Cc1nc(N2C[C@@H]3C[C@@H]3C2=O)ncc1[C@H](CO)N=CC(=CN)NC(=O)c1cncc(-c2c(C(F)F)ccc(Cl)c2F)n1. The molecule has 1 aromatic carbocycles. The predicted octanol–water partition coefficient (Wildman–Crippen LogP) is 3.29. The maximum absolute atomic E-state index is 14.7. The van der Waals surface area contributed by atoms with Crippen LogP contribution in [0.4, 0.5) is 19.1 Å². The van der Waals surface area contributed by atoms with Crippen molar-refractivity contribution in [3.63, 3.8) is 0 Å². The summed E-state index contributed by atoms with van der Waals surface area (Å²) in [5, 5.41) is 12.0. The topological polar surface area (TPSA) is 160 Å². The van der Waals surface area contributed by atoms with Gasteiger partial charge in [-0.2, -0.15) is 0 Å². The van der Waals surface area contributed by atoms with Gasteiger partial charge in [0, 0.05) is 53.5 Å². The van der Waals surface area contributed by atoms with Crippen molar-refractivity contribution in [2.24, 2.45) is 22.6 Å². The molecule has 1 aliphatic carbocycles. The van der Waals surface area contributed by atoms with Gasteiger partial charge in [-0.1, -0.05) is 17.7 Å². The minimum Gasteiger partial charge on any atom is -0.403 e. The zero-order valence-electron chi connectivity index (χ0n) is 22.0. The first-order valence-electron chi connectivity index (χ1n) is 12.7. The van der Waals surface area contributed by atoms with E-state index < -0.39 is 46.9 Å². The van der Waals surface area contributed by atoms with Crippen LogP contribution in [0.15, 0.2) is 47.6 Å². The third-order valence-corrected chi connectivity index (χ3v) is 7.31. The summed E-state index contributed by atoms with van der Waals surface area (Å²) in [5.41, 5.74) is 4.77. The standard InChI is InChI=1S/C27H24ClF3N8O3/c1-12-17(7-35-27(36-12)39-10-13-4-16(13)26(39)42)21(11-40)34-6-14(5-32)37-25(41)20-9-33-8-19(38-20)22-15(24(30)31)2-3-18(28)23(22)29/h2-3,5-9,13,16,21,24,40H,4,10-11,32H2,1H3,(H,37,41)/t13-,16-,21-/m0/s1. The van der Waals surface area contributed by atoms with Crippen molar-refractivity contribution in [1.82, 2.24) is 25.3 Å². The number of aliphatic hydroxyl groups excluding tert-OH is 1. The molecule has 2 fully saturated rings. The van der Waals surface area contributed by atoms with Crippen LogP contribution in [0.3, 0.4) is 0 Å². The second kappa shape index (κ2) is 11.8. The summed E-state index contributed by atoms with van der Waals surface area (Å²) >= 11 is 5.78. The molecule has 2 amide bonds. The van der Waals surface area contributed by atoms with Gasteiger partial charge >= 0.3 is 0 Å². The number of aliphatic imine (C=N–C) groups is 1. The summed E-state index contributed by atoms with van der Waals surface area (Å²) < 4.78 is 41.8. The molecule has 0 spiro atoms. The number of nitrogens with two attached hydrogens (primary N) is 1. The number of nitrogens with one attached hydrogen (secondary N) is 1. The van der Waals surface area contributed by atoms with E-state index in [0.29, 0.717) is 29.7 Å². The Balaban J connectivity index is 1.31. The highest BCUT2D eigenvalue weighted by Crippen LogP contribution is 2.46. The normalized spacial score (nSPS) is 19.0. The number of hydrogen-bond acceptors (Lipinski definition) is 9. The first-order chi connectivity index (χ1) is 20.1. The minimum atomic E-state index is -3.04. The molecule has 1 saturated heterocycles. The zero-order chi connectivity index (χ0) is 30.1. The zero-order valence-corrected chi connectivity index (χ0v) is 22.8. The first kappa shape index (κ1) is 29.1. The summed E-state index contributed by atoms with van der Waals surface area (Å²) in [4.78, 5) is 47.7. The van der Waals surface area contributed by atoms with Crippen molar-refractivity contribution in [2.45, 2.75) is 25.8 Å². The second-order valence-corrected chi connectivity index (χ2v) is 10.1. The van der Waals surface area contributed by atoms with E-state index >= 15 is 0 Å². The molecule has 0 bridgehead atoms. The number of carbonyl (C=O) groups is 2. The van der Waals surface area contributed by atoms with Crippen LogP contribution in [0.5, 0.6) is 0 Å². The third-order valence-electron chi connectivity index (χ3n) is 7.02. The molecular formula is C27H24ClF3N8O3. The molecule has 0 radical (unpaired) electrons. The molecule has 218 valence electrons. The summed E-state index contributed by atoms with van der Waals surface area (Å²) in [6, 6.07) is 1.15. The van der Waals surface area contributed by atoms with Crippen LogP contribution in [-0.4, -0.2) is 56.2 Å². The Labute approximate surface area is 242 Å². The Kier molecular flexibility index (Phi) is 8.18. The van der Waals surface area contributed by atoms with E-state index in [1.54, 1.807) is 11.8 Å². The van der Waals surface area contributed by atoms with E-state index in [2.05, 4.69) is 30.2 Å². The van der Waals surface area contributed by atoms with Crippen LogP contribution < -0.4 is 16.0 Å². The number of amides is 2. The summed E-state index contributed by atoms with van der Waals surface area (Å²) in [6.07, 6.45) is 3.68. The molecule has 42 heavy (non-hydrogen) atoms. The molecule has 4 N–H and O–H groups in total. The van der Waals surface area contributed by atoms with Crippen molar-refractivity contribution in [3.8, 4) is 11.3 Å². The van der Waals surface area contributed by atoms with Gasteiger partial charge in [0.15, 0.2) is 5.82 Å². The van der Waals surface area contributed by atoms with Gasteiger partial charge in [0.05, 0.1) is 35.4 Å². The van der Waals surface area contributed by atoms with Crippen LogP contribution in [0.1, 0.15) is 46.2 Å². The molecule has 3 aromatic rings. The number of fused-ring (bicyclic) bond motifs is 1. The van der Waals surface area contributed by atoms with E-state index in [1.165, 1.54) is 12.4 Å². The molecule has 1 saturated carbocycles. The highest BCUT2D eigenvalue weighted by molar-refractivity contribution is 6.31. The average molecular weight is 601 g/mol. The van der Waals surface area contributed by atoms with Gasteiger partial charge in [-0.15, -0.1) is 0 Å². The number of anilines is 1. The highest BCUT2D eigenvalue weighted by Gasteiger charge is 2.53. The molecule has 5 rings (SSSR count). The summed E-state index contributed by atoms with van der Waals surface area (Å²) in [7, 11) is 0. The fourth-order valence-corrected chi connectivity index (χ4v) is 4.85. The van der Waals surface area contributed by atoms with Gasteiger partial charge in [-0.05, 0) is 25.3 Å². The summed E-state index contributed by atoms with van der Waals surface area (Å²) in [6.45, 7) is 1.86. The molecular weight excluding hydrogens is 577 g/mol. The molecule has 1 aliphatic heterocycles. The number of piperidine rings is 1. The first-order valence-corrected chi connectivity index (χ1v) is 13.1. The molecule has 11 nitrogen and oxygen atoms in total. The van der Waals surface area contributed by atoms with E-state index in [1.807, 2.05) is 0 Å². The monoisotopic (exact) mass is 600 g/mol. The van der Waals surface area contributed by atoms with Crippen molar-refractivity contribution in [2.75, 3.05) is 18.1 Å². The summed E-state index contributed by atoms with van der Waals surface area (Å²) in [5.74, 6) is -1.24. The number of benzene rings is 1. The smallest absolute Gasteiger partial charge is 0.275 e. The van der Waals surface area contributed by atoms with E-state index in [9.17, 15) is 27.9 Å². The Morgan fingerprint density at radius 3 is 2.71 bits per heavy atom. The molecule has 2 aliphatic rings. The number of nitrogens with zero attached hydrogens (tertiary/aromatic N) is 6.